The van der Waals surface area contributed by atoms with Gasteiger partial charge in [-0.1, -0.05) is 11.6 Å². The Hall–Kier alpha value is -1.03. The molecule has 1 atom stereocenters. The largest absolute Gasteiger partial charge is 0.459 e. The highest BCUT2D eigenvalue weighted by molar-refractivity contribution is 6.31. The number of hydrogen-bond acceptors (Lipinski definition) is 3. The summed E-state index contributed by atoms with van der Waals surface area (Å²) in [4.78, 5) is 0. The van der Waals surface area contributed by atoms with Gasteiger partial charge in [0.1, 0.15) is 11.3 Å². The van der Waals surface area contributed by atoms with Crippen LogP contribution in [-0.4, -0.2) is 20.3 Å². The second-order valence-corrected chi connectivity index (χ2v) is 4.95. The molecular formula is C15H20ClNO2. The number of furan rings is 1. The molecule has 104 valence electrons. The van der Waals surface area contributed by atoms with Crippen molar-refractivity contribution in [3.8, 4) is 0 Å². The minimum absolute atomic E-state index is 0.214. The molecule has 0 spiro atoms. The van der Waals surface area contributed by atoms with Gasteiger partial charge in [0.25, 0.3) is 0 Å². The maximum atomic E-state index is 5.99. The fourth-order valence-electron chi connectivity index (χ4n) is 2.17. The lowest BCUT2D eigenvalue weighted by atomic mass is 10.1. The quantitative estimate of drug-likeness (QED) is 0.774. The number of rotatable bonds is 7. The van der Waals surface area contributed by atoms with Gasteiger partial charge in [-0.15, -0.1) is 0 Å². The first-order chi connectivity index (χ1) is 9.24. The average molecular weight is 282 g/mol. The summed E-state index contributed by atoms with van der Waals surface area (Å²) in [7, 11) is 1.95. The SMILES string of the molecule is CCOCCCC(NC)c1cc2cc(Cl)ccc2o1. The van der Waals surface area contributed by atoms with Crippen molar-refractivity contribution in [3.05, 3.63) is 35.0 Å². The van der Waals surface area contributed by atoms with Crippen LogP contribution < -0.4 is 5.32 Å². The topological polar surface area (TPSA) is 34.4 Å². The normalized spacial score (nSPS) is 13.0. The molecule has 4 heteroatoms. The number of ether oxygens (including phenoxy) is 1. The summed E-state index contributed by atoms with van der Waals surface area (Å²) in [5.41, 5.74) is 0.879. The lowest BCUT2D eigenvalue weighted by molar-refractivity contribution is 0.140. The highest BCUT2D eigenvalue weighted by Crippen LogP contribution is 2.28. The van der Waals surface area contributed by atoms with Crippen LogP contribution in [0.4, 0.5) is 0 Å². The van der Waals surface area contributed by atoms with Gasteiger partial charge in [-0.25, -0.2) is 0 Å². The Morgan fingerprint density at radius 2 is 2.21 bits per heavy atom. The zero-order valence-corrected chi connectivity index (χ0v) is 12.2. The van der Waals surface area contributed by atoms with Crippen molar-refractivity contribution < 1.29 is 9.15 Å². The molecule has 19 heavy (non-hydrogen) atoms. The number of hydrogen-bond donors (Lipinski definition) is 1. The Kier molecular flexibility index (Phi) is 5.25. The minimum Gasteiger partial charge on any atom is -0.459 e. The zero-order chi connectivity index (χ0) is 13.7. The molecule has 0 saturated carbocycles. The van der Waals surface area contributed by atoms with E-state index in [1.807, 2.05) is 32.2 Å². The van der Waals surface area contributed by atoms with Crippen molar-refractivity contribution >= 4 is 22.6 Å². The van der Waals surface area contributed by atoms with Crippen LogP contribution in [0.3, 0.4) is 0 Å². The van der Waals surface area contributed by atoms with E-state index in [1.54, 1.807) is 0 Å². The Morgan fingerprint density at radius 3 is 2.95 bits per heavy atom. The van der Waals surface area contributed by atoms with Gasteiger partial charge < -0.3 is 14.5 Å². The smallest absolute Gasteiger partial charge is 0.134 e. The molecule has 1 aromatic carbocycles. The fraction of sp³-hybridized carbons (Fsp3) is 0.467. The Labute approximate surface area is 118 Å². The van der Waals surface area contributed by atoms with Crippen molar-refractivity contribution in [1.82, 2.24) is 5.32 Å². The molecule has 0 aliphatic rings. The molecule has 3 nitrogen and oxygen atoms in total. The Bertz CT molecular complexity index is 524. The Balaban J connectivity index is 2.07. The molecule has 2 rings (SSSR count). The summed E-state index contributed by atoms with van der Waals surface area (Å²) in [5.74, 6) is 0.955. The van der Waals surface area contributed by atoms with Crippen LogP contribution in [0.15, 0.2) is 28.7 Å². The number of benzene rings is 1. The number of fused-ring (bicyclic) bond motifs is 1. The molecule has 1 heterocycles. The second-order valence-electron chi connectivity index (χ2n) is 4.51. The van der Waals surface area contributed by atoms with Gasteiger partial charge in [0.2, 0.25) is 0 Å². The van der Waals surface area contributed by atoms with Crippen LogP contribution in [0.2, 0.25) is 5.02 Å². The van der Waals surface area contributed by atoms with Crippen LogP contribution in [0.25, 0.3) is 11.0 Å². The van der Waals surface area contributed by atoms with Crippen molar-refractivity contribution in [3.63, 3.8) is 0 Å². The Morgan fingerprint density at radius 1 is 1.37 bits per heavy atom. The predicted molar refractivity (Wildman–Crippen MR) is 78.8 cm³/mol. The van der Waals surface area contributed by atoms with E-state index in [4.69, 9.17) is 20.8 Å². The third-order valence-electron chi connectivity index (χ3n) is 3.17. The zero-order valence-electron chi connectivity index (χ0n) is 11.4. The van der Waals surface area contributed by atoms with E-state index in [0.29, 0.717) is 0 Å². The third kappa shape index (κ3) is 3.72. The van der Waals surface area contributed by atoms with Crippen LogP contribution in [0, 0.1) is 0 Å². The van der Waals surface area contributed by atoms with Crippen LogP contribution in [0.1, 0.15) is 31.6 Å². The summed E-state index contributed by atoms with van der Waals surface area (Å²) in [6, 6.07) is 7.96. The number of nitrogens with one attached hydrogen (secondary N) is 1. The lowest BCUT2D eigenvalue weighted by Crippen LogP contribution is -2.16. The molecule has 1 N–H and O–H groups in total. The van der Waals surface area contributed by atoms with Crippen molar-refractivity contribution in [1.29, 1.82) is 0 Å². The monoisotopic (exact) mass is 281 g/mol. The highest BCUT2D eigenvalue weighted by Gasteiger charge is 2.14. The van der Waals surface area contributed by atoms with E-state index >= 15 is 0 Å². The standard InChI is InChI=1S/C15H20ClNO2/c1-3-18-8-4-5-13(17-2)15-10-11-9-12(16)6-7-14(11)19-15/h6-7,9-10,13,17H,3-5,8H2,1-2H3. The fourth-order valence-corrected chi connectivity index (χ4v) is 2.35. The first-order valence-electron chi connectivity index (χ1n) is 6.68. The molecule has 0 radical (unpaired) electrons. The maximum Gasteiger partial charge on any atom is 0.134 e. The summed E-state index contributed by atoms with van der Waals surface area (Å²) < 4.78 is 11.2. The van der Waals surface area contributed by atoms with E-state index < -0.39 is 0 Å². The van der Waals surface area contributed by atoms with E-state index in [-0.39, 0.29) is 6.04 Å². The molecule has 0 amide bonds. The lowest BCUT2D eigenvalue weighted by Gasteiger charge is -2.13. The molecule has 0 aliphatic carbocycles. The molecular weight excluding hydrogens is 262 g/mol. The summed E-state index contributed by atoms with van der Waals surface area (Å²) in [5, 5.41) is 5.07. The summed E-state index contributed by atoms with van der Waals surface area (Å²) >= 11 is 5.99. The van der Waals surface area contributed by atoms with Gasteiger partial charge in [0.15, 0.2) is 0 Å². The second kappa shape index (κ2) is 6.94. The number of halogens is 1. The third-order valence-corrected chi connectivity index (χ3v) is 3.41. The van der Waals surface area contributed by atoms with Crippen LogP contribution in [0.5, 0.6) is 0 Å². The van der Waals surface area contributed by atoms with Gasteiger partial charge in [0.05, 0.1) is 6.04 Å². The van der Waals surface area contributed by atoms with Gasteiger partial charge in [-0.05, 0) is 51.1 Å². The molecule has 0 saturated heterocycles. The minimum atomic E-state index is 0.214. The molecule has 0 fully saturated rings. The van der Waals surface area contributed by atoms with E-state index in [1.165, 1.54) is 0 Å². The molecule has 1 aromatic heterocycles. The van der Waals surface area contributed by atoms with Crippen molar-refractivity contribution in [2.75, 3.05) is 20.3 Å². The van der Waals surface area contributed by atoms with E-state index in [2.05, 4.69) is 11.4 Å². The highest BCUT2D eigenvalue weighted by atomic mass is 35.5. The molecule has 0 aliphatic heterocycles. The summed E-state index contributed by atoms with van der Waals surface area (Å²) in [6.07, 6.45) is 2.00. The summed E-state index contributed by atoms with van der Waals surface area (Å²) in [6.45, 7) is 3.58. The molecule has 1 unspecified atom stereocenters. The molecule has 0 bridgehead atoms. The van der Waals surface area contributed by atoms with Crippen molar-refractivity contribution in [2.24, 2.45) is 0 Å². The average Bonchev–Trinajstić information content (AvgIpc) is 2.81. The molecule has 2 aromatic rings. The van der Waals surface area contributed by atoms with E-state index in [0.717, 1.165) is 47.8 Å². The van der Waals surface area contributed by atoms with E-state index in [9.17, 15) is 0 Å². The van der Waals surface area contributed by atoms with Crippen LogP contribution >= 0.6 is 11.6 Å². The van der Waals surface area contributed by atoms with Gasteiger partial charge in [-0.3, -0.25) is 0 Å². The van der Waals surface area contributed by atoms with Gasteiger partial charge >= 0.3 is 0 Å². The van der Waals surface area contributed by atoms with Crippen LogP contribution in [-0.2, 0) is 4.74 Å². The first kappa shape index (κ1) is 14.4. The van der Waals surface area contributed by atoms with Gasteiger partial charge in [0, 0.05) is 23.6 Å². The van der Waals surface area contributed by atoms with Crippen molar-refractivity contribution in [2.45, 2.75) is 25.8 Å². The first-order valence-corrected chi connectivity index (χ1v) is 7.06. The predicted octanol–water partition coefficient (Wildman–Crippen LogP) is 4.16. The van der Waals surface area contributed by atoms with Gasteiger partial charge in [-0.2, -0.15) is 0 Å². The maximum absolute atomic E-state index is 5.99.